The van der Waals surface area contributed by atoms with Crippen LogP contribution in [0.4, 0.5) is 0 Å². The van der Waals surface area contributed by atoms with E-state index in [1.165, 1.54) is 0 Å². The lowest BCUT2D eigenvalue weighted by molar-refractivity contribution is -0.122. The van der Waals surface area contributed by atoms with Crippen molar-refractivity contribution in [3.05, 3.63) is 28.8 Å². The molecule has 1 aromatic rings. The van der Waals surface area contributed by atoms with Crippen molar-refractivity contribution in [2.75, 3.05) is 7.11 Å². The van der Waals surface area contributed by atoms with Gasteiger partial charge in [0.1, 0.15) is 5.75 Å². The fraction of sp³-hybridized carbons (Fsp3) is 0.533. The minimum atomic E-state index is -0.185. The standard InChI is InChI=1S/C15H23ClN2O2/c1-15(2,3)13(17)8-14(19)18-9-10-11(16)6-5-7-12(10)20-4/h5-7,13H,8-9,17H2,1-4H3,(H,18,19). The molecule has 1 unspecified atom stereocenters. The molecule has 0 saturated carbocycles. The Hall–Kier alpha value is -1.26. The molecule has 5 heteroatoms. The first-order valence-corrected chi connectivity index (χ1v) is 6.97. The quantitative estimate of drug-likeness (QED) is 0.878. The number of methoxy groups -OCH3 is 1. The van der Waals surface area contributed by atoms with Gasteiger partial charge in [-0.2, -0.15) is 0 Å². The van der Waals surface area contributed by atoms with Crippen LogP contribution in [0.3, 0.4) is 0 Å². The molecule has 3 N–H and O–H groups in total. The van der Waals surface area contributed by atoms with Gasteiger partial charge in [0.05, 0.1) is 7.11 Å². The van der Waals surface area contributed by atoms with Crippen LogP contribution in [0.25, 0.3) is 0 Å². The number of nitrogens with one attached hydrogen (secondary N) is 1. The van der Waals surface area contributed by atoms with E-state index in [9.17, 15) is 4.79 Å². The summed E-state index contributed by atoms with van der Waals surface area (Å²) in [6.07, 6.45) is 0.288. The van der Waals surface area contributed by atoms with E-state index in [1.807, 2.05) is 32.9 Å². The third kappa shape index (κ3) is 4.69. The Morgan fingerprint density at radius 1 is 1.45 bits per heavy atom. The van der Waals surface area contributed by atoms with Gasteiger partial charge >= 0.3 is 0 Å². The smallest absolute Gasteiger partial charge is 0.221 e. The lowest BCUT2D eigenvalue weighted by Crippen LogP contribution is -2.40. The zero-order chi connectivity index (χ0) is 15.3. The second-order valence-electron chi connectivity index (χ2n) is 5.87. The molecule has 0 aliphatic rings. The lowest BCUT2D eigenvalue weighted by Gasteiger charge is -2.26. The number of halogens is 1. The van der Waals surface area contributed by atoms with Gasteiger partial charge in [0.2, 0.25) is 5.91 Å². The van der Waals surface area contributed by atoms with Crippen LogP contribution in [0, 0.1) is 5.41 Å². The summed E-state index contributed by atoms with van der Waals surface area (Å²) in [6, 6.07) is 5.21. The van der Waals surface area contributed by atoms with E-state index >= 15 is 0 Å². The van der Waals surface area contributed by atoms with Crippen molar-refractivity contribution in [1.82, 2.24) is 5.32 Å². The molecule has 1 atom stereocenters. The maximum absolute atomic E-state index is 11.9. The van der Waals surface area contributed by atoms with Crippen molar-refractivity contribution in [1.29, 1.82) is 0 Å². The van der Waals surface area contributed by atoms with Crippen molar-refractivity contribution in [3.63, 3.8) is 0 Å². The molecule has 4 nitrogen and oxygen atoms in total. The van der Waals surface area contributed by atoms with E-state index in [0.29, 0.717) is 17.3 Å². The minimum Gasteiger partial charge on any atom is -0.496 e. The molecule has 0 spiro atoms. The van der Waals surface area contributed by atoms with Crippen molar-refractivity contribution >= 4 is 17.5 Å². The normalized spacial score (nSPS) is 12.9. The average Bonchev–Trinajstić information content (AvgIpc) is 2.35. The first kappa shape index (κ1) is 16.8. The first-order valence-electron chi connectivity index (χ1n) is 6.59. The summed E-state index contributed by atoms with van der Waals surface area (Å²) < 4.78 is 5.23. The van der Waals surface area contributed by atoms with E-state index in [0.717, 1.165) is 5.56 Å². The second kappa shape index (κ2) is 6.95. The lowest BCUT2D eigenvalue weighted by atomic mass is 9.85. The summed E-state index contributed by atoms with van der Waals surface area (Å²) in [6.45, 7) is 6.38. The van der Waals surface area contributed by atoms with Crippen molar-refractivity contribution in [3.8, 4) is 5.75 Å². The molecule has 0 radical (unpaired) electrons. The van der Waals surface area contributed by atoms with E-state index < -0.39 is 0 Å². The predicted molar refractivity (Wildman–Crippen MR) is 81.9 cm³/mol. The highest BCUT2D eigenvalue weighted by Gasteiger charge is 2.23. The molecule has 0 aliphatic heterocycles. The van der Waals surface area contributed by atoms with Gasteiger partial charge in [-0.3, -0.25) is 4.79 Å². The van der Waals surface area contributed by atoms with Crippen LogP contribution >= 0.6 is 11.6 Å². The van der Waals surface area contributed by atoms with Crippen molar-refractivity contribution in [2.24, 2.45) is 11.1 Å². The first-order chi connectivity index (χ1) is 9.25. The average molecular weight is 299 g/mol. The number of ether oxygens (including phenoxy) is 1. The van der Waals surface area contributed by atoms with Gasteiger partial charge in [-0.1, -0.05) is 38.4 Å². The Labute approximate surface area is 125 Å². The van der Waals surface area contributed by atoms with E-state index in [2.05, 4.69) is 5.32 Å². The molecular weight excluding hydrogens is 276 g/mol. The van der Waals surface area contributed by atoms with Gasteiger partial charge < -0.3 is 15.8 Å². The molecule has 0 bridgehead atoms. The molecule has 112 valence electrons. The zero-order valence-corrected chi connectivity index (χ0v) is 13.3. The Bertz CT molecular complexity index is 469. The predicted octanol–water partition coefficient (Wildman–Crippen LogP) is 2.73. The highest BCUT2D eigenvalue weighted by molar-refractivity contribution is 6.31. The second-order valence-corrected chi connectivity index (χ2v) is 6.28. The summed E-state index contributed by atoms with van der Waals surface area (Å²) >= 11 is 6.11. The van der Waals surface area contributed by atoms with Crippen LogP contribution in [0.1, 0.15) is 32.8 Å². The number of rotatable bonds is 5. The SMILES string of the molecule is COc1cccc(Cl)c1CNC(=O)CC(N)C(C)(C)C. The molecule has 0 heterocycles. The molecule has 20 heavy (non-hydrogen) atoms. The number of amides is 1. The van der Waals surface area contributed by atoms with E-state index in [-0.39, 0.29) is 23.8 Å². The molecular formula is C15H23ClN2O2. The zero-order valence-electron chi connectivity index (χ0n) is 12.5. The third-order valence-corrected chi connectivity index (χ3v) is 3.63. The van der Waals surface area contributed by atoms with Gasteiger partial charge in [0, 0.05) is 29.6 Å². The number of carbonyl (C=O) groups is 1. The number of hydrogen-bond acceptors (Lipinski definition) is 3. The third-order valence-electron chi connectivity index (χ3n) is 3.28. The van der Waals surface area contributed by atoms with Crippen LogP contribution in [-0.2, 0) is 11.3 Å². The highest BCUT2D eigenvalue weighted by Crippen LogP contribution is 2.26. The van der Waals surface area contributed by atoms with Crippen LogP contribution < -0.4 is 15.8 Å². The summed E-state index contributed by atoms with van der Waals surface area (Å²) in [5, 5.41) is 3.41. The molecule has 0 aliphatic carbocycles. The van der Waals surface area contributed by atoms with Gasteiger partial charge in [-0.05, 0) is 17.5 Å². The van der Waals surface area contributed by atoms with Crippen LogP contribution in [-0.4, -0.2) is 19.1 Å². The molecule has 1 rings (SSSR count). The largest absolute Gasteiger partial charge is 0.496 e. The Balaban J connectivity index is 2.62. The monoisotopic (exact) mass is 298 g/mol. The summed E-state index contributed by atoms with van der Waals surface area (Å²) in [5.41, 5.74) is 6.67. The van der Waals surface area contributed by atoms with Crippen LogP contribution in [0.5, 0.6) is 5.75 Å². The molecule has 0 fully saturated rings. The van der Waals surface area contributed by atoms with Crippen molar-refractivity contribution in [2.45, 2.75) is 39.8 Å². The van der Waals surface area contributed by atoms with E-state index in [4.69, 9.17) is 22.1 Å². The number of nitrogens with two attached hydrogens (primary N) is 1. The number of benzene rings is 1. The molecule has 1 amide bonds. The van der Waals surface area contributed by atoms with Crippen LogP contribution in [0.2, 0.25) is 5.02 Å². The van der Waals surface area contributed by atoms with Gasteiger partial charge in [0.25, 0.3) is 0 Å². The van der Waals surface area contributed by atoms with Crippen molar-refractivity contribution < 1.29 is 9.53 Å². The topological polar surface area (TPSA) is 64.3 Å². The fourth-order valence-electron chi connectivity index (χ4n) is 1.67. The number of carbonyl (C=O) groups excluding carboxylic acids is 1. The maximum Gasteiger partial charge on any atom is 0.221 e. The summed E-state index contributed by atoms with van der Waals surface area (Å²) in [5.74, 6) is 0.576. The number of hydrogen-bond donors (Lipinski definition) is 2. The minimum absolute atomic E-state index is 0.0885. The fourth-order valence-corrected chi connectivity index (χ4v) is 1.90. The van der Waals surface area contributed by atoms with Gasteiger partial charge in [-0.25, -0.2) is 0 Å². The Morgan fingerprint density at radius 2 is 2.10 bits per heavy atom. The summed E-state index contributed by atoms with van der Waals surface area (Å²) in [7, 11) is 1.58. The maximum atomic E-state index is 11.9. The van der Waals surface area contributed by atoms with Crippen LogP contribution in [0.15, 0.2) is 18.2 Å². The molecule has 0 aromatic heterocycles. The highest BCUT2D eigenvalue weighted by atomic mass is 35.5. The molecule has 0 saturated heterocycles. The van der Waals surface area contributed by atoms with E-state index in [1.54, 1.807) is 13.2 Å². The van der Waals surface area contributed by atoms with Gasteiger partial charge in [0.15, 0.2) is 0 Å². The Morgan fingerprint density at radius 3 is 2.65 bits per heavy atom. The van der Waals surface area contributed by atoms with Gasteiger partial charge in [-0.15, -0.1) is 0 Å². The Kier molecular flexibility index (Phi) is 5.84. The summed E-state index contributed by atoms with van der Waals surface area (Å²) in [4.78, 5) is 11.9. The molecule has 1 aromatic carbocycles.